The van der Waals surface area contributed by atoms with Gasteiger partial charge in [-0.25, -0.2) is 4.79 Å². The number of nitrogens with one attached hydrogen (secondary N) is 1. The predicted molar refractivity (Wildman–Crippen MR) is 130 cm³/mol. The summed E-state index contributed by atoms with van der Waals surface area (Å²) in [6.45, 7) is 1.47. The summed E-state index contributed by atoms with van der Waals surface area (Å²) in [6.07, 6.45) is 0. The maximum absolute atomic E-state index is 13.1. The molecule has 0 aliphatic carbocycles. The average molecular weight is 461 g/mol. The molecule has 33 heavy (non-hydrogen) atoms. The van der Waals surface area contributed by atoms with Gasteiger partial charge < -0.3 is 14.6 Å². The van der Waals surface area contributed by atoms with Gasteiger partial charge in [-0.3, -0.25) is 9.59 Å². The molecule has 7 heteroatoms. The minimum Gasteiger partial charge on any atom is -0.451 e. The van der Waals surface area contributed by atoms with Crippen LogP contribution in [-0.2, 0) is 16.6 Å². The van der Waals surface area contributed by atoms with E-state index in [4.69, 9.17) is 16.3 Å². The number of hydrogen-bond donors (Lipinski definition) is 1. The van der Waals surface area contributed by atoms with Crippen LogP contribution in [0.4, 0.5) is 5.69 Å². The van der Waals surface area contributed by atoms with E-state index < -0.39 is 18.5 Å². The Kier molecular flexibility index (Phi) is 6.29. The second-order valence-electron chi connectivity index (χ2n) is 7.63. The minimum atomic E-state index is -0.762. The van der Waals surface area contributed by atoms with Crippen LogP contribution in [0, 0.1) is 6.92 Å². The Morgan fingerprint density at radius 3 is 2.24 bits per heavy atom. The first-order chi connectivity index (χ1) is 15.8. The van der Waals surface area contributed by atoms with Crippen molar-refractivity contribution in [2.24, 2.45) is 7.05 Å². The van der Waals surface area contributed by atoms with Crippen molar-refractivity contribution in [3.05, 3.63) is 99.4 Å². The van der Waals surface area contributed by atoms with E-state index in [9.17, 15) is 14.4 Å². The minimum absolute atomic E-state index is 0.0850. The zero-order valence-electron chi connectivity index (χ0n) is 18.1. The Morgan fingerprint density at radius 1 is 0.939 bits per heavy atom. The molecule has 0 fully saturated rings. The van der Waals surface area contributed by atoms with Crippen molar-refractivity contribution >= 4 is 39.9 Å². The molecule has 1 N–H and O–H groups in total. The molecule has 0 aliphatic heterocycles. The second kappa shape index (κ2) is 9.30. The molecule has 0 radical (unpaired) electrons. The van der Waals surface area contributed by atoms with E-state index in [1.807, 2.05) is 37.3 Å². The number of halogens is 1. The molecule has 4 rings (SSSR count). The van der Waals surface area contributed by atoms with Crippen LogP contribution in [0.2, 0.25) is 5.02 Å². The van der Waals surface area contributed by atoms with Crippen LogP contribution >= 0.6 is 11.6 Å². The average Bonchev–Trinajstić information content (AvgIpc) is 2.82. The zero-order valence-corrected chi connectivity index (χ0v) is 18.8. The summed E-state index contributed by atoms with van der Waals surface area (Å²) in [5, 5.41) is 4.32. The molecule has 0 spiro atoms. The maximum atomic E-state index is 13.1. The van der Waals surface area contributed by atoms with Gasteiger partial charge in [0, 0.05) is 28.7 Å². The fourth-order valence-electron chi connectivity index (χ4n) is 3.65. The van der Waals surface area contributed by atoms with Crippen molar-refractivity contribution in [1.82, 2.24) is 4.57 Å². The van der Waals surface area contributed by atoms with Crippen LogP contribution in [0.25, 0.3) is 21.9 Å². The van der Waals surface area contributed by atoms with Gasteiger partial charge in [-0.2, -0.15) is 0 Å². The highest BCUT2D eigenvalue weighted by Crippen LogP contribution is 2.31. The van der Waals surface area contributed by atoms with Crippen LogP contribution in [0.15, 0.2) is 77.6 Å². The van der Waals surface area contributed by atoms with Gasteiger partial charge in [0.15, 0.2) is 6.61 Å². The van der Waals surface area contributed by atoms with Gasteiger partial charge in [-0.15, -0.1) is 0 Å². The third kappa shape index (κ3) is 4.66. The molecule has 166 valence electrons. The third-order valence-electron chi connectivity index (χ3n) is 5.30. The highest BCUT2D eigenvalue weighted by Gasteiger charge is 2.23. The number of aromatic nitrogens is 1. The standard InChI is InChI=1S/C26H21ClN2O4/c1-16-7-9-17(10-8-16)23-20-5-3-4-6-21(20)25(31)29(2)24(23)26(32)33-15-22(30)28-19-13-11-18(27)12-14-19/h3-14H,15H2,1-2H3,(H,28,30). The molecular weight excluding hydrogens is 440 g/mol. The lowest BCUT2D eigenvalue weighted by Gasteiger charge is -2.17. The molecule has 1 amide bonds. The van der Waals surface area contributed by atoms with E-state index in [0.717, 1.165) is 11.1 Å². The van der Waals surface area contributed by atoms with E-state index in [2.05, 4.69) is 5.32 Å². The van der Waals surface area contributed by atoms with E-state index in [0.29, 0.717) is 27.0 Å². The Balaban J connectivity index is 1.69. The largest absolute Gasteiger partial charge is 0.451 e. The lowest BCUT2D eigenvalue weighted by molar-refractivity contribution is -0.119. The molecular formula is C26H21ClN2O4. The number of ether oxygens (including phenoxy) is 1. The maximum Gasteiger partial charge on any atom is 0.356 e. The van der Waals surface area contributed by atoms with E-state index in [-0.39, 0.29) is 11.3 Å². The van der Waals surface area contributed by atoms with E-state index in [1.54, 1.807) is 42.5 Å². The van der Waals surface area contributed by atoms with Crippen LogP contribution in [0.3, 0.4) is 0 Å². The molecule has 1 aromatic heterocycles. The van der Waals surface area contributed by atoms with Gasteiger partial charge in [0.2, 0.25) is 0 Å². The molecule has 0 saturated carbocycles. The molecule has 0 unspecified atom stereocenters. The summed E-state index contributed by atoms with van der Waals surface area (Å²) >= 11 is 5.85. The van der Waals surface area contributed by atoms with Crippen molar-refractivity contribution in [3.63, 3.8) is 0 Å². The fourth-order valence-corrected chi connectivity index (χ4v) is 3.77. The number of hydrogen-bond acceptors (Lipinski definition) is 4. The number of nitrogens with zero attached hydrogens (tertiary/aromatic N) is 1. The van der Waals surface area contributed by atoms with Crippen molar-refractivity contribution in [1.29, 1.82) is 0 Å². The fraction of sp³-hybridized carbons (Fsp3) is 0.115. The number of anilines is 1. The lowest BCUT2D eigenvalue weighted by Crippen LogP contribution is -2.28. The van der Waals surface area contributed by atoms with Crippen molar-refractivity contribution in [3.8, 4) is 11.1 Å². The van der Waals surface area contributed by atoms with Crippen LogP contribution < -0.4 is 10.9 Å². The highest BCUT2D eigenvalue weighted by atomic mass is 35.5. The third-order valence-corrected chi connectivity index (χ3v) is 5.55. The number of esters is 1. The van der Waals surface area contributed by atoms with E-state index in [1.165, 1.54) is 11.6 Å². The number of carbonyl (C=O) groups is 2. The number of fused-ring (bicyclic) bond motifs is 1. The van der Waals surface area contributed by atoms with Gasteiger partial charge in [0.25, 0.3) is 11.5 Å². The summed E-state index contributed by atoms with van der Waals surface area (Å²) in [4.78, 5) is 38.4. The first kappa shape index (κ1) is 22.3. The SMILES string of the molecule is Cc1ccc(-c2c(C(=O)OCC(=O)Nc3ccc(Cl)cc3)n(C)c(=O)c3ccccc23)cc1. The molecule has 0 aliphatic rings. The van der Waals surface area contributed by atoms with E-state index >= 15 is 0 Å². The summed E-state index contributed by atoms with van der Waals surface area (Å²) in [6, 6.07) is 21.3. The number of amides is 1. The molecule has 6 nitrogen and oxygen atoms in total. The quantitative estimate of drug-likeness (QED) is 0.427. The number of rotatable bonds is 5. The number of aryl methyl sites for hydroxylation is 1. The van der Waals surface area contributed by atoms with Crippen LogP contribution in [0.5, 0.6) is 0 Å². The number of pyridine rings is 1. The summed E-state index contributed by atoms with van der Waals surface area (Å²) < 4.78 is 6.59. The van der Waals surface area contributed by atoms with Crippen LogP contribution in [0.1, 0.15) is 16.1 Å². The second-order valence-corrected chi connectivity index (χ2v) is 8.07. The topological polar surface area (TPSA) is 77.4 Å². The van der Waals surface area contributed by atoms with Gasteiger partial charge >= 0.3 is 5.97 Å². The van der Waals surface area contributed by atoms with Crippen molar-refractivity contribution in [2.45, 2.75) is 6.92 Å². The Morgan fingerprint density at radius 2 is 1.58 bits per heavy atom. The molecule has 4 aromatic rings. The van der Waals surface area contributed by atoms with Crippen molar-refractivity contribution in [2.75, 3.05) is 11.9 Å². The lowest BCUT2D eigenvalue weighted by atomic mass is 9.96. The Labute approximate surface area is 195 Å². The summed E-state index contributed by atoms with van der Waals surface area (Å²) in [5.41, 5.74) is 2.71. The van der Waals surface area contributed by atoms with Crippen LogP contribution in [-0.4, -0.2) is 23.1 Å². The number of carbonyl (C=O) groups excluding carboxylic acids is 2. The first-order valence-corrected chi connectivity index (χ1v) is 10.6. The van der Waals surface area contributed by atoms with Gasteiger partial charge in [0.1, 0.15) is 5.69 Å². The highest BCUT2D eigenvalue weighted by molar-refractivity contribution is 6.30. The van der Waals surface area contributed by atoms with Gasteiger partial charge in [-0.05, 0) is 48.2 Å². The number of benzene rings is 3. The molecule has 0 saturated heterocycles. The summed E-state index contributed by atoms with van der Waals surface area (Å²) in [7, 11) is 1.52. The smallest absolute Gasteiger partial charge is 0.356 e. The summed E-state index contributed by atoms with van der Waals surface area (Å²) in [5.74, 6) is -1.27. The Bertz CT molecular complexity index is 1410. The molecule has 0 bridgehead atoms. The predicted octanol–water partition coefficient (Wildman–Crippen LogP) is 4.96. The first-order valence-electron chi connectivity index (χ1n) is 10.3. The molecule has 3 aromatic carbocycles. The Hall–Kier alpha value is -3.90. The van der Waals surface area contributed by atoms with Gasteiger partial charge in [0.05, 0.1) is 0 Å². The van der Waals surface area contributed by atoms with Gasteiger partial charge in [-0.1, -0.05) is 59.6 Å². The van der Waals surface area contributed by atoms with Crippen molar-refractivity contribution < 1.29 is 14.3 Å². The normalized spacial score (nSPS) is 10.8. The molecule has 0 atom stereocenters. The zero-order chi connectivity index (χ0) is 23.5. The molecule has 1 heterocycles. The monoisotopic (exact) mass is 460 g/mol.